The second kappa shape index (κ2) is 6.64. The Morgan fingerprint density at radius 2 is 2.00 bits per heavy atom. The third-order valence-corrected chi connectivity index (χ3v) is 3.38. The van der Waals surface area contributed by atoms with Gasteiger partial charge < -0.3 is 10.1 Å². The van der Waals surface area contributed by atoms with Crippen molar-refractivity contribution < 1.29 is 9.53 Å². The SMILES string of the molecule is CCOc1cccc(C(=O)Nc2c(C)cc(C)cc2Cl)c1. The Labute approximate surface area is 129 Å². The molecule has 0 fully saturated rings. The van der Waals surface area contributed by atoms with E-state index in [0.29, 0.717) is 28.6 Å². The molecule has 0 aliphatic carbocycles. The van der Waals surface area contributed by atoms with E-state index < -0.39 is 0 Å². The van der Waals surface area contributed by atoms with Gasteiger partial charge in [0, 0.05) is 5.56 Å². The number of anilines is 1. The highest BCUT2D eigenvalue weighted by molar-refractivity contribution is 6.34. The summed E-state index contributed by atoms with van der Waals surface area (Å²) in [6.45, 7) is 6.36. The molecule has 0 saturated heterocycles. The molecule has 1 N–H and O–H groups in total. The first-order valence-electron chi connectivity index (χ1n) is 6.82. The summed E-state index contributed by atoms with van der Waals surface area (Å²) in [5.74, 6) is 0.474. The monoisotopic (exact) mass is 303 g/mol. The fourth-order valence-electron chi connectivity index (χ4n) is 2.15. The summed E-state index contributed by atoms with van der Waals surface area (Å²) in [6.07, 6.45) is 0. The van der Waals surface area contributed by atoms with Crippen LogP contribution >= 0.6 is 11.6 Å². The van der Waals surface area contributed by atoms with Crippen LogP contribution in [0.1, 0.15) is 28.4 Å². The first kappa shape index (κ1) is 15.4. The molecule has 0 atom stereocenters. The zero-order valence-corrected chi connectivity index (χ0v) is 13.1. The lowest BCUT2D eigenvalue weighted by Gasteiger charge is -2.12. The zero-order valence-electron chi connectivity index (χ0n) is 12.4. The summed E-state index contributed by atoms with van der Waals surface area (Å²) in [5.41, 5.74) is 3.19. The molecule has 0 aliphatic rings. The van der Waals surface area contributed by atoms with Crippen molar-refractivity contribution in [2.24, 2.45) is 0 Å². The first-order valence-corrected chi connectivity index (χ1v) is 7.20. The van der Waals surface area contributed by atoms with Crippen LogP contribution < -0.4 is 10.1 Å². The van der Waals surface area contributed by atoms with Gasteiger partial charge >= 0.3 is 0 Å². The Morgan fingerprint density at radius 1 is 1.24 bits per heavy atom. The summed E-state index contributed by atoms with van der Waals surface area (Å²) in [6, 6.07) is 10.9. The van der Waals surface area contributed by atoms with Crippen LogP contribution in [0.4, 0.5) is 5.69 Å². The molecule has 2 rings (SSSR count). The van der Waals surface area contributed by atoms with Gasteiger partial charge in [0.2, 0.25) is 0 Å². The third kappa shape index (κ3) is 3.76. The minimum atomic E-state index is -0.203. The van der Waals surface area contributed by atoms with Gasteiger partial charge in [0.25, 0.3) is 5.91 Å². The molecule has 1 amide bonds. The summed E-state index contributed by atoms with van der Waals surface area (Å²) in [7, 11) is 0. The second-order valence-electron chi connectivity index (χ2n) is 4.85. The molecule has 2 aromatic carbocycles. The molecule has 2 aromatic rings. The van der Waals surface area contributed by atoms with Crippen molar-refractivity contribution in [1.82, 2.24) is 0 Å². The molecule has 0 unspecified atom stereocenters. The van der Waals surface area contributed by atoms with Gasteiger partial charge in [0.15, 0.2) is 0 Å². The molecular weight excluding hydrogens is 286 g/mol. The number of hydrogen-bond donors (Lipinski definition) is 1. The number of benzene rings is 2. The molecule has 0 spiro atoms. The minimum absolute atomic E-state index is 0.203. The van der Waals surface area contributed by atoms with Gasteiger partial charge in [0.1, 0.15) is 5.75 Å². The first-order chi connectivity index (χ1) is 10.0. The van der Waals surface area contributed by atoms with Crippen molar-refractivity contribution in [1.29, 1.82) is 0 Å². The Bertz CT molecular complexity index is 645. The summed E-state index contributed by atoms with van der Waals surface area (Å²) >= 11 is 6.21. The van der Waals surface area contributed by atoms with E-state index >= 15 is 0 Å². The van der Waals surface area contributed by atoms with Crippen LogP contribution in [0.15, 0.2) is 36.4 Å². The van der Waals surface area contributed by atoms with Crippen molar-refractivity contribution in [3.8, 4) is 5.75 Å². The van der Waals surface area contributed by atoms with Gasteiger partial charge in [-0.1, -0.05) is 23.7 Å². The van der Waals surface area contributed by atoms with Gasteiger partial charge in [-0.05, 0) is 56.2 Å². The molecule has 0 heterocycles. The van der Waals surface area contributed by atoms with Crippen LogP contribution in [0, 0.1) is 13.8 Å². The number of carbonyl (C=O) groups excluding carboxylic acids is 1. The highest BCUT2D eigenvalue weighted by Gasteiger charge is 2.12. The fraction of sp³-hybridized carbons (Fsp3) is 0.235. The number of amides is 1. The lowest BCUT2D eigenvalue weighted by Crippen LogP contribution is -2.13. The normalized spacial score (nSPS) is 10.3. The third-order valence-electron chi connectivity index (χ3n) is 3.08. The molecule has 110 valence electrons. The molecular formula is C17H18ClNO2. The summed E-state index contributed by atoms with van der Waals surface area (Å²) < 4.78 is 5.40. The van der Waals surface area contributed by atoms with Crippen molar-refractivity contribution in [3.05, 3.63) is 58.1 Å². The smallest absolute Gasteiger partial charge is 0.255 e. The Morgan fingerprint density at radius 3 is 2.67 bits per heavy atom. The number of rotatable bonds is 4. The number of halogens is 1. The minimum Gasteiger partial charge on any atom is -0.494 e. The predicted octanol–water partition coefficient (Wildman–Crippen LogP) is 4.61. The van der Waals surface area contributed by atoms with E-state index in [1.54, 1.807) is 18.2 Å². The molecule has 0 aliphatic heterocycles. The Kier molecular flexibility index (Phi) is 4.86. The molecule has 0 bridgehead atoms. The number of hydrogen-bond acceptors (Lipinski definition) is 2. The average molecular weight is 304 g/mol. The van der Waals surface area contributed by atoms with Crippen molar-refractivity contribution in [3.63, 3.8) is 0 Å². The number of carbonyl (C=O) groups is 1. The van der Waals surface area contributed by atoms with Crippen LogP contribution in [0.3, 0.4) is 0 Å². The lowest BCUT2D eigenvalue weighted by molar-refractivity contribution is 0.102. The van der Waals surface area contributed by atoms with Crippen LogP contribution in [-0.4, -0.2) is 12.5 Å². The zero-order chi connectivity index (χ0) is 15.4. The number of ether oxygens (including phenoxy) is 1. The molecule has 0 saturated carbocycles. The van der Waals surface area contributed by atoms with Crippen molar-refractivity contribution in [2.45, 2.75) is 20.8 Å². The fourth-order valence-corrected chi connectivity index (χ4v) is 2.52. The molecule has 4 heteroatoms. The van der Waals surface area contributed by atoms with E-state index in [9.17, 15) is 4.79 Å². The van der Waals surface area contributed by atoms with Crippen molar-refractivity contribution >= 4 is 23.2 Å². The standard InChI is InChI=1S/C17H18ClNO2/c1-4-21-14-7-5-6-13(10-14)17(20)19-16-12(3)8-11(2)9-15(16)18/h5-10H,4H2,1-3H3,(H,19,20). The molecule has 21 heavy (non-hydrogen) atoms. The summed E-state index contributed by atoms with van der Waals surface area (Å²) in [5, 5.41) is 3.41. The second-order valence-corrected chi connectivity index (χ2v) is 5.26. The van der Waals surface area contributed by atoms with Gasteiger partial charge in [0.05, 0.1) is 17.3 Å². The highest BCUT2D eigenvalue weighted by atomic mass is 35.5. The van der Waals surface area contributed by atoms with E-state index in [2.05, 4.69) is 5.32 Å². The number of aryl methyl sites for hydroxylation is 2. The van der Waals surface area contributed by atoms with E-state index in [-0.39, 0.29) is 5.91 Å². The predicted molar refractivity (Wildman–Crippen MR) is 86.5 cm³/mol. The van der Waals surface area contributed by atoms with Crippen LogP contribution in [0.5, 0.6) is 5.75 Å². The maximum absolute atomic E-state index is 12.3. The largest absolute Gasteiger partial charge is 0.494 e. The highest BCUT2D eigenvalue weighted by Crippen LogP contribution is 2.28. The van der Waals surface area contributed by atoms with Gasteiger partial charge in [-0.25, -0.2) is 0 Å². The molecule has 3 nitrogen and oxygen atoms in total. The summed E-state index contributed by atoms with van der Waals surface area (Å²) in [4.78, 5) is 12.3. The van der Waals surface area contributed by atoms with Crippen LogP contribution in [-0.2, 0) is 0 Å². The maximum Gasteiger partial charge on any atom is 0.255 e. The van der Waals surface area contributed by atoms with Gasteiger partial charge in [-0.15, -0.1) is 0 Å². The topological polar surface area (TPSA) is 38.3 Å². The Hall–Kier alpha value is -2.00. The molecule has 0 aromatic heterocycles. The molecule has 0 radical (unpaired) electrons. The van der Waals surface area contributed by atoms with Gasteiger partial charge in [-0.3, -0.25) is 4.79 Å². The number of nitrogens with one attached hydrogen (secondary N) is 1. The van der Waals surface area contributed by atoms with Crippen LogP contribution in [0.2, 0.25) is 5.02 Å². The average Bonchev–Trinajstić information content (AvgIpc) is 2.43. The van der Waals surface area contributed by atoms with E-state index in [4.69, 9.17) is 16.3 Å². The van der Waals surface area contributed by atoms with E-state index in [1.807, 2.05) is 39.0 Å². The van der Waals surface area contributed by atoms with Crippen molar-refractivity contribution in [2.75, 3.05) is 11.9 Å². The Balaban J connectivity index is 2.24. The van der Waals surface area contributed by atoms with Gasteiger partial charge in [-0.2, -0.15) is 0 Å². The maximum atomic E-state index is 12.3. The van der Waals surface area contributed by atoms with E-state index in [1.165, 1.54) is 0 Å². The lowest BCUT2D eigenvalue weighted by atomic mass is 10.1. The van der Waals surface area contributed by atoms with Crippen LogP contribution in [0.25, 0.3) is 0 Å². The van der Waals surface area contributed by atoms with E-state index in [0.717, 1.165) is 11.1 Å². The quantitative estimate of drug-likeness (QED) is 0.896.